The van der Waals surface area contributed by atoms with Gasteiger partial charge in [0.15, 0.2) is 11.6 Å². The molecule has 0 fully saturated rings. The van der Waals surface area contributed by atoms with Crippen LogP contribution >= 0.6 is 0 Å². The smallest absolute Gasteiger partial charge is 0.168 e. The number of anilines is 1. The first-order valence-electron chi connectivity index (χ1n) is 4.65. The minimum absolute atomic E-state index is 0.00477. The average molecular weight is 216 g/mol. The molecular weight excluding hydrogens is 202 g/mol. The van der Waals surface area contributed by atoms with Crippen molar-refractivity contribution in [3.63, 3.8) is 0 Å². The highest BCUT2D eigenvalue weighted by molar-refractivity contribution is 5.38. The second kappa shape index (κ2) is 4.53. The van der Waals surface area contributed by atoms with E-state index in [1.165, 1.54) is 0 Å². The van der Waals surface area contributed by atoms with E-state index in [-0.39, 0.29) is 12.4 Å². The minimum atomic E-state index is -0.735. The highest BCUT2D eigenvalue weighted by Gasteiger charge is 2.19. The third-order valence-electron chi connectivity index (χ3n) is 2.00. The van der Waals surface area contributed by atoms with E-state index < -0.39 is 17.2 Å². The quantitative estimate of drug-likeness (QED) is 0.808. The fourth-order valence-electron chi connectivity index (χ4n) is 1.17. The van der Waals surface area contributed by atoms with Crippen molar-refractivity contribution in [2.75, 3.05) is 11.9 Å². The van der Waals surface area contributed by atoms with E-state index >= 15 is 0 Å². The lowest BCUT2D eigenvalue weighted by Gasteiger charge is -2.26. The zero-order valence-corrected chi connectivity index (χ0v) is 8.72. The molecule has 15 heavy (non-hydrogen) atoms. The van der Waals surface area contributed by atoms with Crippen LogP contribution in [0.25, 0.3) is 0 Å². The summed E-state index contributed by atoms with van der Waals surface area (Å²) in [4.78, 5) is 3.60. The van der Waals surface area contributed by atoms with Crippen LogP contribution < -0.4 is 5.32 Å². The van der Waals surface area contributed by atoms with Crippen LogP contribution in [-0.4, -0.2) is 22.2 Å². The first kappa shape index (κ1) is 11.8. The van der Waals surface area contributed by atoms with E-state index in [4.69, 9.17) is 5.11 Å². The summed E-state index contributed by atoms with van der Waals surface area (Å²) in [6.45, 7) is 3.59. The van der Waals surface area contributed by atoms with Gasteiger partial charge in [-0.15, -0.1) is 0 Å². The monoisotopic (exact) mass is 216 g/mol. The van der Waals surface area contributed by atoms with Gasteiger partial charge in [-0.25, -0.2) is 13.8 Å². The molecule has 84 valence electrons. The fourth-order valence-corrected chi connectivity index (χ4v) is 1.17. The molecule has 3 nitrogen and oxygen atoms in total. The molecule has 0 unspecified atom stereocenters. The number of aliphatic hydroxyl groups is 1. The number of aromatic nitrogens is 1. The Labute approximate surface area is 87.2 Å². The van der Waals surface area contributed by atoms with Crippen LogP contribution in [0.15, 0.2) is 12.3 Å². The third-order valence-corrected chi connectivity index (χ3v) is 2.00. The molecule has 0 spiro atoms. The fraction of sp³-hybridized carbons (Fsp3) is 0.500. The summed E-state index contributed by atoms with van der Waals surface area (Å²) in [7, 11) is 0. The van der Waals surface area contributed by atoms with E-state index in [1.807, 2.05) is 0 Å². The number of hydrogen-bond acceptors (Lipinski definition) is 3. The summed E-state index contributed by atoms with van der Waals surface area (Å²) in [6, 6.07) is 0.768. The van der Waals surface area contributed by atoms with Crippen molar-refractivity contribution in [2.45, 2.75) is 25.8 Å². The van der Waals surface area contributed by atoms with Crippen LogP contribution in [0.2, 0.25) is 0 Å². The average Bonchev–Trinajstić information content (AvgIpc) is 2.09. The van der Waals surface area contributed by atoms with Gasteiger partial charge in [0, 0.05) is 18.2 Å². The Morgan fingerprint density at radius 3 is 2.67 bits per heavy atom. The van der Waals surface area contributed by atoms with E-state index in [2.05, 4.69) is 10.3 Å². The lowest BCUT2D eigenvalue weighted by Crippen LogP contribution is -2.32. The standard InChI is InChI=1S/C10H14F2N2O/c1-10(2,3-4-15)14-9-8(12)5-7(11)6-13-9/h5-6,15H,3-4H2,1-2H3,(H,13,14). The Morgan fingerprint density at radius 2 is 2.13 bits per heavy atom. The number of halogens is 2. The first-order valence-corrected chi connectivity index (χ1v) is 4.65. The normalized spacial score (nSPS) is 11.5. The number of nitrogens with zero attached hydrogens (tertiary/aromatic N) is 1. The topological polar surface area (TPSA) is 45.1 Å². The zero-order chi connectivity index (χ0) is 11.5. The summed E-state index contributed by atoms with van der Waals surface area (Å²) in [5.74, 6) is -1.45. The Hall–Kier alpha value is -1.23. The molecule has 5 heteroatoms. The maximum absolute atomic E-state index is 13.2. The van der Waals surface area contributed by atoms with E-state index in [0.717, 1.165) is 12.3 Å². The molecule has 1 aromatic heterocycles. The maximum atomic E-state index is 13.2. The van der Waals surface area contributed by atoms with Gasteiger partial charge in [-0.1, -0.05) is 0 Å². The van der Waals surface area contributed by atoms with E-state index in [1.54, 1.807) is 13.8 Å². The van der Waals surface area contributed by atoms with Crippen LogP contribution in [0.3, 0.4) is 0 Å². The van der Waals surface area contributed by atoms with Gasteiger partial charge in [-0.05, 0) is 20.3 Å². The van der Waals surface area contributed by atoms with Gasteiger partial charge < -0.3 is 10.4 Å². The number of aliphatic hydroxyl groups excluding tert-OH is 1. The van der Waals surface area contributed by atoms with Gasteiger partial charge in [-0.2, -0.15) is 0 Å². The second-order valence-electron chi connectivity index (χ2n) is 3.97. The molecular formula is C10H14F2N2O. The number of rotatable bonds is 4. The number of nitrogens with one attached hydrogen (secondary N) is 1. The molecule has 0 amide bonds. The molecule has 0 aliphatic heterocycles. The lowest BCUT2D eigenvalue weighted by atomic mass is 10.0. The van der Waals surface area contributed by atoms with Crippen molar-refractivity contribution < 1.29 is 13.9 Å². The summed E-state index contributed by atoms with van der Waals surface area (Å²) in [5, 5.41) is 11.6. The molecule has 0 aliphatic carbocycles. The molecule has 0 radical (unpaired) electrons. The van der Waals surface area contributed by atoms with Crippen molar-refractivity contribution in [3.8, 4) is 0 Å². The molecule has 0 saturated heterocycles. The molecule has 0 saturated carbocycles. The predicted molar refractivity (Wildman–Crippen MR) is 53.6 cm³/mol. The van der Waals surface area contributed by atoms with Gasteiger partial charge in [0.05, 0.1) is 6.20 Å². The van der Waals surface area contributed by atoms with Crippen molar-refractivity contribution in [2.24, 2.45) is 0 Å². The SMILES string of the molecule is CC(C)(CCO)Nc1ncc(F)cc1F. The Bertz CT molecular complexity index is 342. The van der Waals surface area contributed by atoms with Crippen molar-refractivity contribution >= 4 is 5.82 Å². The highest BCUT2D eigenvalue weighted by atomic mass is 19.1. The Balaban J connectivity index is 2.80. The Kier molecular flexibility index (Phi) is 3.57. The zero-order valence-electron chi connectivity index (χ0n) is 8.72. The van der Waals surface area contributed by atoms with Crippen LogP contribution in [-0.2, 0) is 0 Å². The maximum Gasteiger partial charge on any atom is 0.168 e. The molecule has 1 heterocycles. The summed E-state index contributed by atoms with van der Waals surface area (Å²) < 4.78 is 25.8. The molecule has 0 bridgehead atoms. The lowest BCUT2D eigenvalue weighted by molar-refractivity contribution is 0.260. The van der Waals surface area contributed by atoms with Crippen LogP contribution in [0, 0.1) is 11.6 Å². The van der Waals surface area contributed by atoms with Crippen molar-refractivity contribution in [1.29, 1.82) is 0 Å². The second-order valence-corrected chi connectivity index (χ2v) is 3.97. The summed E-state index contributed by atoms with van der Waals surface area (Å²) in [5.41, 5.74) is -0.486. The Morgan fingerprint density at radius 1 is 1.47 bits per heavy atom. The van der Waals surface area contributed by atoms with Gasteiger partial charge >= 0.3 is 0 Å². The van der Waals surface area contributed by atoms with E-state index in [9.17, 15) is 8.78 Å². The molecule has 1 aromatic rings. The third kappa shape index (κ3) is 3.43. The molecule has 0 aromatic carbocycles. The van der Waals surface area contributed by atoms with Crippen LogP contribution in [0.1, 0.15) is 20.3 Å². The number of pyridine rings is 1. The van der Waals surface area contributed by atoms with Crippen LogP contribution in [0.5, 0.6) is 0 Å². The van der Waals surface area contributed by atoms with Gasteiger partial charge in [0.2, 0.25) is 0 Å². The predicted octanol–water partition coefficient (Wildman–Crippen LogP) is 1.93. The van der Waals surface area contributed by atoms with Gasteiger partial charge in [0.25, 0.3) is 0 Å². The molecule has 2 N–H and O–H groups in total. The molecule has 0 atom stereocenters. The van der Waals surface area contributed by atoms with Gasteiger partial charge in [0.1, 0.15) is 5.82 Å². The number of hydrogen-bond donors (Lipinski definition) is 2. The first-order chi connectivity index (χ1) is 6.94. The van der Waals surface area contributed by atoms with Crippen molar-refractivity contribution in [1.82, 2.24) is 4.98 Å². The van der Waals surface area contributed by atoms with Crippen LogP contribution in [0.4, 0.5) is 14.6 Å². The summed E-state index contributed by atoms with van der Waals surface area (Å²) >= 11 is 0. The van der Waals surface area contributed by atoms with Gasteiger partial charge in [-0.3, -0.25) is 0 Å². The highest BCUT2D eigenvalue weighted by Crippen LogP contribution is 2.18. The largest absolute Gasteiger partial charge is 0.396 e. The molecule has 1 rings (SSSR count). The van der Waals surface area contributed by atoms with E-state index in [0.29, 0.717) is 6.42 Å². The van der Waals surface area contributed by atoms with Crippen molar-refractivity contribution in [3.05, 3.63) is 23.9 Å². The molecule has 0 aliphatic rings. The summed E-state index contributed by atoms with van der Waals surface area (Å²) in [6.07, 6.45) is 1.39. The minimum Gasteiger partial charge on any atom is -0.396 e.